The number of hydrogen-bond acceptors (Lipinski definition) is 4. The van der Waals surface area contributed by atoms with Crippen molar-refractivity contribution in [2.45, 2.75) is 19.9 Å². The Morgan fingerprint density at radius 1 is 1.08 bits per heavy atom. The Kier molecular flexibility index (Phi) is 6.74. The van der Waals surface area contributed by atoms with Crippen LogP contribution in [0.25, 0.3) is 0 Å². The summed E-state index contributed by atoms with van der Waals surface area (Å²) in [4.78, 5) is 24.7. The molecule has 6 nitrogen and oxygen atoms in total. The van der Waals surface area contributed by atoms with Crippen LogP contribution in [0.2, 0.25) is 5.02 Å². The van der Waals surface area contributed by atoms with Gasteiger partial charge in [0.2, 0.25) is 0 Å². The molecule has 136 valence electrons. The maximum Gasteiger partial charge on any atom is 0.262 e. The minimum absolute atomic E-state index is 0.130. The Morgan fingerprint density at radius 3 is 2.27 bits per heavy atom. The normalized spacial score (nSPS) is 12.2. The van der Waals surface area contributed by atoms with Crippen LogP contribution in [0.5, 0.6) is 5.75 Å². The molecule has 0 aliphatic heterocycles. The molecule has 2 rings (SSSR count). The molecule has 0 spiro atoms. The topological polar surface area (TPSA) is 90.8 Å². The first-order valence-corrected chi connectivity index (χ1v) is 8.43. The van der Waals surface area contributed by atoms with Gasteiger partial charge in [-0.3, -0.25) is 9.59 Å². The SMILES string of the molecule is CC(C)C(NC(=O)c1ccc(Cl)cc1)C(=O)NN=Cc1ccc(O)cc1. The molecular formula is C19H20ClN3O3. The smallest absolute Gasteiger partial charge is 0.262 e. The van der Waals surface area contributed by atoms with Gasteiger partial charge in [0, 0.05) is 10.6 Å². The van der Waals surface area contributed by atoms with E-state index in [1.54, 1.807) is 36.4 Å². The van der Waals surface area contributed by atoms with Crippen LogP contribution in [0.15, 0.2) is 53.6 Å². The van der Waals surface area contributed by atoms with Crippen molar-refractivity contribution in [3.8, 4) is 5.75 Å². The lowest BCUT2D eigenvalue weighted by molar-refractivity contribution is -0.123. The van der Waals surface area contributed by atoms with E-state index >= 15 is 0 Å². The number of amides is 2. The first-order valence-electron chi connectivity index (χ1n) is 8.05. The predicted octanol–water partition coefficient (Wildman–Crippen LogP) is 2.95. The van der Waals surface area contributed by atoms with E-state index in [9.17, 15) is 14.7 Å². The molecule has 0 aliphatic carbocycles. The van der Waals surface area contributed by atoms with Crippen molar-refractivity contribution in [1.29, 1.82) is 0 Å². The van der Waals surface area contributed by atoms with Crippen molar-refractivity contribution < 1.29 is 14.7 Å². The summed E-state index contributed by atoms with van der Waals surface area (Å²) in [6, 6.07) is 12.0. The molecule has 0 radical (unpaired) electrons. The van der Waals surface area contributed by atoms with Gasteiger partial charge in [-0.2, -0.15) is 5.10 Å². The summed E-state index contributed by atoms with van der Waals surface area (Å²) in [5, 5.41) is 16.4. The number of benzene rings is 2. The molecule has 1 unspecified atom stereocenters. The first kappa shape index (κ1) is 19.5. The van der Waals surface area contributed by atoms with Crippen molar-refractivity contribution in [1.82, 2.24) is 10.7 Å². The molecule has 7 heteroatoms. The molecule has 0 bridgehead atoms. The maximum atomic E-state index is 12.3. The zero-order chi connectivity index (χ0) is 19.1. The first-order chi connectivity index (χ1) is 12.4. The predicted molar refractivity (Wildman–Crippen MR) is 101 cm³/mol. The number of halogens is 1. The van der Waals surface area contributed by atoms with Crippen molar-refractivity contribution >= 4 is 29.6 Å². The van der Waals surface area contributed by atoms with Gasteiger partial charge in [0.05, 0.1) is 6.21 Å². The molecule has 2 aromatic rings. The third-order valence-electron chi connectivity index (χ3n) is 3.62. The minimum Gasteiger partial charge on any atom is -0.508 e. The van der Waals surface area contributed by atoms with Crippen LogP contribution in [0.1, 0.15) is 29.8 Å². The third kappa shape index (κ3) is 5.60. The van der Waals surface area contributed by atoms with Crippen molar-refractivity contribution in [2.75, 3.05) is 0 Å². The summed E-state index contributed by atoms with van der Waals surface area (Å²) in [7, 11) is 0. The zero-order valence-corrected chi connectivity index (χ0v) is 15.2. The summed E-state index contributed by atoms with van der Waals surface area (Å²) in [6.45, 7) is 3.66. The van der Waals surface area contributed by atoms with Crippen LogP contribution in [0.4, 0.5) is 0 Å². The van der Waals surface area contributed by atoms with E-state index in [0.29, 0.717) is 10.6 Å². The number of nitrogens with zero attached hydrogens (tertiary/aromatic N) is 1. The molecule has 2 amide bonds. The molecule has 0 aliphatic rings. The van der Waals surface area contributed by atoms with Crippen LogP contribution in [-0.2, 0) is 4.79 Å². The number of phenolic OH excluding ortho intramolecular Hbond substituents is 1. The molecule has 0 aromatic heterocycles. The van der Waals surface area contributed by atoms with Gasteiger partial charge >= 0.3 is 0 Å². The van der Waals surface area contributed by atoms with Crippen LogP contribution < -0.4 is 10.7 Å². The molecule has 0 saturated carbocycles. The summed E-state index contributed by atoms with van der Waals surface area (Å²) < 4.78 is 0. The average Bonchev–Trinajstić information content (AvgIpc) is 2.61. The molecule has 2 aromatic carbocycles. The summed E-state index contributed by atoms with van der Waals surface area (Å²) >= 11 is 5.81. The number of phenols is 1. The van der Waals surface area contributed by atoms with Gasteiger partial charge < -0.3 is 10.4 Å². The number of hydrazone groups is 1. The average molecular weight is 374 g/mol. The van der Waals surface area contributed by atoms with Gasteiger partial charge in [0.15, 0.2) is 0 Å². The van der Waals surface area contributed by atoms with E-state index in [0.717, 1.165) is 5.56 Å². The van der Waals surface area contributed by atoms with E-state index in [-0.39, 0.29) is 17.6 Å². The van der Waals surface area contributed by atoms with E-state index in [1.165, 1.54) is 18.3 Å². The van der Waals surface area contributed by atoms with Crippen LogP contribution >= 0.6 is 11.6 Å². The molecule has 3 N–H and O–H groups in total. The lowest BCUT2D eigenvalue weighted by Crippen LogP contribution is -2.48. The van der Waals surface area contributed by atoms with E-state index in [2.05, 4.69) is 15.8 Å². The Bertz CT molecular complexity index is 787. The highest BCUT2D eigenvalue weighted by atomic mass is 35.5. The number of aromatic hydroxyl groups is 1. The number of carbonyl (C=O) groups is 2. The van der Waals surface area contributed by atoms with Gasteiger partial charge in [-0.05, 0) is 60.0 Å². The molecule has 0 heterocycles. The number of nitrogens with one attached hydrogen (secondary N) is 2. The van der Waals surface area contributed by atoms with E-state index < -0.39 is 11.9 Å². The zero-order valence-electron chi connectivity index (χ0n) is 14.4. The summed E-state index contributed by atoms with van der Waals surface area (Å²) in [5.41, 5.74) is 3.56. The highest BCUT2D eigenvalue weighted by Gasteiger charge is 2.24. The fourth-order valence-corrected chi connectivity index (χ4v) is 2.29. The Hall–Kier alpha value is -2.86. The highest BCUT2D eigenvalue weighted by Crippen LogP contribution is 2.11. The van der Waals surface area contributed by atoms with Gasteiger partial charge in [-0.25, -0.2) is 5.43 Å². The van der Waals surface area contributed by atoms with Gasteiger partial charge in [0.1, 0.15) is 11.8 Å². The second-order valence-corrected chi connectivity index (χ2v) is 6.46. The van der Waals surface area contributed by atoms with Crippen LogP contribution in [0.3, 0.4) is 0 Å². The summed E-state index contributed by atoms with van der Waals surface area (Å²) in [5.74, 6) is -0.763. The fraction of sp³-hybridized carbons (Fsp3) is 0.211. The van der Waals surface area contributed by atoms with Crippen molar-refractivity contribution in [3.63, 3.8) is 0 Å². The third-order valence-corrected chi connectivity index (χ3v) is 3.88. The Morgan fingerprint density at radius 2 is 1.69 bits per heavy atom. The van der Waals surface area contributed by atoms with Crippen LogP contribution in [0, 0.1) is 5.92 Å². The lowest BCUT2D eigenvalue weighted by atomic mass is 10.0. The van der Waals surface area contributed by atoms with Gasteiger partial charge in [-0.1, -0.05) is 25.4 Å². The standard InChI is InChI=1S/C19H20ClN3O3/c1-12(2)17(22-18(25)14-5-7-15(20)8-6-14)19(26)23-21-11-13-3-9-16(24)10-4-13/h3-12,17,24H,1-2H3,(H,22,25)(H,23,26). The lowest BCUT2D eigenvalue weighted by Gasteiger charge is -2.20. The second kappa shape index (κ2) is 9.01. The monoisotopic (exact) mass is 373 g/mol. The molecule has 0 fully saturated rings. The largest absolute Gasteiger partial charge is 0.508 e. The summed E-state index contributed by atoms with van der Waals surface area (Å²) in [6.07, 6.45) is 1.45. The Balaban J connectivity index is 1.99. The number of rotatable bonds is 6. The molecule has 26 heavy (non-hydrogen) atoms. The van der Waals surface area contributed by atoms with Gasteiger partial charge in [-0.15, -0.1) is 0 Å². The number of hydrogen-bond donors (Lipinski definition) is 3. The Labute approximate surface area is 156 Å². The fourth-order valence-electron chi connectivity index (χ4n) is 2.16. The van der Waals surface area contributed by atoms with Gasteiger partial charge in [0.25, 0.3) is 11.8 Å². The molecule has 1 atom stereocenters. The highest BCUT2D eigenvalue weighted by molar-refractivity contribution is 6.30. The maximum absolute atomic E-state index is 12.3. The minimum atomic E-state index is -0.741. The van der Waals surface area contributed by atoms with Crippen LogP contribution in [-0.4, -0.2) is 29.2 Å². The second-order valence-electron chi connectivity index (χ2n) is 6.03. The van der Waals surface area contributed by atoms with E-state index in [4.69, 9.17) is 11.6 Å². The van der Waals surface area contributed by atoms with Crippen molar-refractivity contribution in [3.05, 3.63) is 64.7 Å². The molecular weight excluding hydrogens is 354 g/mol. The number of carbonyl (C=O) groups excluding carboxylic acids is 2. The molecule has 0 saturated heterocycles. The van der Waals surface area contributed by atoms with Crippen molar-refractivity contribution in [2.24, 2.45) is 11.0 Å². The quantitative estimate of drug-likeness (QED) is 0.537. The van der Waals surface area contributed by atoms with E-state index in [1.807, 2.05) is 13.8 Å².